The number of amides is 1. The van der Waals surface area contributed by atoms with E-state index in [1.54, 1.807) is 26.0 Å². The third-order valence-corrected chi connectivity index (χ3v) is 6.82. The molecule has 1 amide bonds. The van der Waals surface area contributed by atoms with Crippen molar-refractivity contribution < 1.29 is 17.9 Å². The molecule has 30 heavy (non-hydrogen) atoms. The van der Waals surface area contributed by atoms with E-state index in [1.807, 2.05) is 51.0 Å². The Bertz CT molecular complexity index is 999. The first-order valence-corrected chi connectivity index (χ1v) is 11.4. The van der Waals surface area contributed by atoms with Gasteiger partial charge in [0.15, 0.2) is 6.61 Å². The Morgan fingerprint density at radius 2 is 1.70 bits per heavy atom. The smallest absolute Gasteiger partial charge is 0.262 e. The number of hydrogen-bond acceptors (Lipinski definition) is 5. The molecule has 2 aromatic carbocycles. The Labute approximate surface area is 179 Å². The number of nitrogens with one attached hydrogen (secondary N) is 1. The van der Waals surface area contributed by atoms with Crippen LogP contribution in [0.25, 0.3) is 0 Å². The number of aryl methyl sites for hydroxylation is 2. The SMILES string of the molecule is CCN(CC)S(=O)(=O)c1ccc(N(C)C)c(NC(=O)COc2cc(C)ccc2C)c1. The maximum atomic E-state index is 12.9. The van der Waals surface area contributed by atoms with E-state index in [-0.39, 0.29) is 17.4 Å². The summed E-state index contributed by atoms with van der Waals surface area (Å²) >= 11 is 0. The molecule has 8 heteroatoms. The predicted molar refractivity (Wildman–Crippen MR) is 121 cm³/mol. The lowest BCUT2D eigenvalue weighted by Gasteiger charge is -2.22. The molecule has 0 fully saturated rings. The number of benzene rings is 2. The molecule has 0 aromatic heterocycles. The van der Waals surface area contributed by atoms with E-state index in [4.69, 9.17) is 4.74 Å². The summed E-state index contributed by atoms with van der Waals surface area (Å²) < 4.78 is 32.8. The zero-order chi connectivity index (χ0) is 22.5. The number of hydrogen-bond donors (Lipinski definition) is 1. The van der Waals surface area contributed by atoms with Crippen LogP contribution in [0, 0.1) is 13.8 Å². The standard InChI is InChI=1S/C22H31N3O4S/c1-7-25(8-2)30(27,28)18-11-12-20(24(5)6)19(14-18)23-22(26)15-29-21-13-16(3)9-10-17(21)4/h9-14H,7-8,15H2,1-6H3,(H,23,26). The Hall–Kier alpha value is -2.58. The first kappa shape index (κ1) is 23.7. The van der Waals surface area contributed by atoms with Crippen LogP contribution in [0.3, 0.4) is 0 Å². The van der Waals surface area contributed by atoms with E-state index < -0.39 is 10.0 Å². The van der Waals surface area contributed by atoms with Crippen molar-refractivity contribution >= 4 is 27.3 Å². The monoisotopic (exact) mass is 433 g/mol. The molecule has 164 valence electrons. The molecule has 1 N–H and O–H groups in total. The average molecular weight is 434 g/mol. The lowest BCUT2D eigenvalue weighted by Crippen LogP contribution is -2.31. The molecular formula is C22H31N3O4S. The Balaban J connectivity index is 2.26. The second-order valence-electron chi connectivity index (χ2n) is 7.27. The predicted octanol–water partition coefficient (Wildman–Crippen LogP) is 3.42. The van der Waals surface area contributed by atoms with Crippen LogP contribution in [0.5, 0.6) is 5.75 Å². The van der Waals surface area contributed by atoms with Gasteiger partial charge >= 0.3 is 0 Å². The molecule has 0 spiro atoms. The van der Waals surface area contributed by atoms with Crippen molar-refractivity contribution in [1.82, 2.24) is 4.31 Å². The van der Waals surface area contributed by atoms with Crippen LogP contribution in [0.2, 0.25) is 0 Å². The molecule has 0 bridgehead atoms. The fraction of sp³-hybridized carbons (Fsp3) is 0.409. The molecule has 2 aromatic rings. The third kappa shape index (κ3) is 5.52. The highest BCUT2D eigenvalue weighted by atomic mass is 32.2. The Kier molecular flexibility index (Phi) is 7.86. The van der Waals surface area contributed by atoms with Gasteiger partial charge in [-0.2, -0.15) is 4.31 Å². The van der Waals surface area contributed by atoms with Gasteiger partial charge in [-0.25, -0.2) is 8.42 Å². The third-order valence-electron chi connectivity index (χ3n) is 4.77. The maximum Gasteiger partial charge on any atom is 0.262 e. The number of sulfonamides is 1. The van der Waals surface area contributed by atoms with E-state index >= 15 is 0 Å². The molecule has 0 saturated carbocycles. The zero-order valence-corrected chi connectivity index (χ0v) is 19.3. The number of carbonyl (C=O) groups is 1. The van der Waals surface area contributed by atoms with E-state index in [9.17, 15) is 13.2 Å². The molecule has 0 unspecified atom stereocenters. The lowest BCUT2D eigenvalue weighted by atomic mass is 10.1. The van der Waals surface area contributed by atoms with Gasteiger partial charge in [-0.15, -0.1) is 0 Å². The van der Waals surface area contributed by atoms with Crippen molar-refractivity contribution in [1.29, 1.82) is 0 Å². The minimum absolute atomic E-state index is 0.141. The van der Waals surface area contributed by atoms with Crippen molar-refractivity contribution in [2.75, 3.05) is 44.0 Å². The molecule has 0 aliphatic heterocycles. The highest BCUT2D eigenvalue weighted by Crippen LogP contribution is 2.29. The summed E-state index contributed by atoms with van der Waals surface area (Å²) in [5, 5.41) is 2.80. The van der Waals surface area contributed by atoms with Crippen LogP contribution < -0.4 is 15.0 Å². The van der Waals surface area contributed by atoms with Gasteiger partial charge in [-0.1, -0.05) is 26.0 Å². The maximum absolute atomic E-state index is 12.9. The molecule has 2 rings (SSSR count). The van der Waals surface area contributed by atoms with Crippen LogP contribution in [0.4, 0.5) is 11.4 Å². The van der Waals surface area contributed by atoms with Crippen molar-refractivity contribution in [2.24, 2.45) is 0 Å². The largest absolute Gasteiger partial charge is 0.483 e. The van der Waals surface area contributed by atoms with E-state index in [0.717, 1.165) is 11.1 Å². The highest BCUT2D eigenvalue weighted by Gasteiger charge is 2.23. The van der Waals surface area contributed by atoms with Gasteiger partial charge in [0.05, 0.1) is 16.3 Å². The van der Waals surface area contributed by atoms with Gasteiger partial charge in [-0.3, -0.25) is 4.79 Å². The van der Waals surface area contributed by atoms with E-state index in [0.29, 0.717) is 30.2 Å². The minimum Gasteiger partial charge on any atom is -0.483 e. The van der Waals surface area contributed by atoms with Gasteiger partial charge in [0, 0.05) is 27.2 Å². The molecule has 0 aliphatic rings. The van der Waals surface area contributed by atoms with Gasteiger partial charge in [0.1, 0.15) is 5.75 Å². The number of nitrogens with zero attached hydrogens (tertiary/aromatic N) is 2. The number of anilines is 2. The van der Waals surface area contributed by atoms with Crippen LogP contribution in [0.15, 0.2) is 41.3 Å². The van der Waals surface area contributed by atoms with Crippen molar-refractivity contribution in [3.8, 4) is 5.75 Å². The van der Waals surface area contributed by atoms with Gasteiger partial charge in [0.2, 0.25) is 10.0 Å². The zero-order valence-electron chi connectivity index (χ0n) is 18.5. The number of rotatable bonds is 9. The number of ether oxygens (including phenoxy) is 1. The molecule has 0 heterocycles. The summed E-state index contributed by atoms with van der Waals surface area (Å²) in [5.41, 5.74) is 3.10. The Morgan fingerprint density at radius 3 is 2.30 bits per heavy atom. The lowest BCUT2D eigenvalue weighted by molar-refractivity contribution is -0.118. The summed E-state index contributed by atoms with van der Waals surface area (Å²) in [6.45, 7) is 8.03. The van der Waals surface area contributed by atoms with E-state index in [1.165, 1.54) is 10.4 Å². The molecule has 0 radical (unpaired) electrons. The van der Waals surface area contributed by atoms with Crippen molar-refractivity contribution in [3.05, 3.63) is 47.5 Å². The van der Waals surface area contributed by atoms with Crippen LogP contribution >= 0.6 is 0 Å². The molecule has 0 atom stereocenters. The summed E-state index contributed by atoms with van der Waals surface area (Å²) in [6, 6.07) is 10.6. The molecular weight excluding hydrogens is 402 g/mol. The normalized spacial score (nSPS) is 11.4. The summed E-state index contributed by atoms with van der Waals surface area (Å²) in [5.74, 6) is 0.284. The quantitative estimate of drug-likeness (QED) is 0.656. The summed E-state index contributed by atoms with van der Waals surface area (Å²) in [7, 11) is 0.0237. The summed E-state index contributed by atoms with van der Waals surface area (Å²) in [6.07, 6.45) is 0. The summed E-state index contributed by atoms with van der Waals surface area (Å²) in [4.78, 5) is 14.5. The van der Waals surface area contributed by atoms with Crippen LogP contribution in [-0.2, 0) is 14.8 Å². The van der Waals surface area contributed by atoms with Gasteiger partial charge < -0.3 is 15.0 Å². The first-order chi connectivity index (χ1) is 14.1. The van der Waals surface area contributed by atoms with Crippen molar-refractivity contribution in [3.63, 3.8) is 0 Å². The van der Waals surface area contributed by atoms with Crippen LogP contribution in [-0.4, -0.2) is 52.4 Å². The minimum atomic E-state index is -3.64. The fourth-order valence-electron chi connectivity index (χ4n) is 3.07. The topological polar surface area (TPSA) is 79.0 Å². The van der Waals surface area contributed by atoms with Crippen LogP contribution in [0.1, 0.15) is 25.0 Å². The van der Waals surface area contributed by atoms with Gasteiger partial charge in [0.25, 0.3) is 5.91 Å². The van der Waals surface area contributed by atoms with Gasteiger partial charge in [-0.05, 0) is 49.2 Å². The second kappa shape index (κ2) is 9.95. The fourth-order valence-corrected chi connectivity index (χ4v) is 4.56. The first-order valence-electron chi connectivity index (χ1n) is 9.91. The average Bonchev–Trinajstić information content (AvgIpc) is 2.69. The molecule has 7 nitrogen and oxygen atoms in total. The van der Waals surface area contributed by atoms with Crippen molar-refractivity contribution in [2.45, 2.75) is 32.6 Å². The Morgan fingerprint density at radius 1 is 1.03 bits per heavy atom. The van der Waals surface area contributed by atoms with E-state index in [2.05, 4.69) is 5.32 Å². The highest BCUT2D eigenvalue weighted by molar-refractivity contribution is 7.89. The molecule has 0 aliphatic carbocycles. The second-order valence-corrected chi connectivity index (χ2v) is 9.21. The molecule has 0 saturated heterocycles. The number of carbonyl (C=O) groups excluding carboxylic acids is 1.